The van der Waals surface area contributed by atoms with Crippen LogP contribution in [-0.4, -0.2) is 29.5 Å². The van der Waals surface area contributed by atoms with E-state index in [4.69, 9.17) is 0 Å². The summed E-state index contributed by atoms with van der Waals surface area (Å²) in [6.45, 7) is 4.89. The molecule has 0 saturated heterocycles. The number of unbranched alkanes of at least 4 members (excludes halogenated alkanes) is 1. The number of para-hydroxylation sites is 1. The maximum Gasteiger partial charge on any atom is 0.274 e. The molecule has 0 aliphatic carbocycles. The number of aromatic nitrogens is 2. The van der Waals surface area contributed by atoms with Gasteiger partial charge in [0.25, 0.3) is 5.91 Å². The van der Waals surface area contributed by atoms with Crippen LogP contribution in [0.3, 0.4) is 0 Å². The topological polar surface area (TPSA) is 58.1 Å². The van der Waals surface area contributed by atoms with Gasteiger partial charge in [0.2, 0.25) is 5.95 Å². The fourth-order valence-electron chi connectivity index (χ4n) is 2.05. The number of carbonyl (C=O) groups is 1. The van der Waals surface area contributed by atoms with E-state index < -0.39 is 0 Å². The summed E-state index contributed by atoms with van der Waals surface area (Å²) >= 11 is 0. The lowest BCUT2D eigenvalue weighted by Crippen LogP contribution is -2.23. The van der Waals surface area contributed by atoms with Crippen LogP contribution in [0, 0.1) is 6.92 Å². The highest BCUT2D eigenvalue weighted by Crippen LogP contribution is 2.12. The van der Waals surface area contributed by atoms with Gasteiger partial charge in [-0.05, 0) is 31.5 Å². The standard InChI is InChI=1S/C17H22N4O/c1-4-5-11-21(3)17-18-13(2)12-15(20-17)16(22)19-14-9-7-6-8-10-14/h6-10,12H,4-5,11H2,1-3H3,(H,19,22). The maximum atomic E-state index is 12.3. The van der Waals surface area contributed by atoms with E-state index in [0.717, 1.165) is 30.8 Å². The lowest BCUT2D eigenvalue weighted by atomic mass is 10.3. The summed E-state index contributed by atoms with van der Waals surface area (Å²) in [6.07, 6.45) is 2.18. The summed E-state index contributed by atoms with van der Waals surface area (Å²) < 4.78 is 0. The molecule has 22 heavy (non-hydrogen) atoms. The predicted molar refractivity (Wildman–Crippen MR) is 89.3 cm³/mol. The first-order valence-corrected chi connectivity index (χ1v) is 7.53. The van der Waals surface area contributed by atoms with Crippen molar-refractivity contribution in [3.8, 4) is 0 Å². The summed E-state index contributed by atoms with van der Waals surface area (Å²) in [5.41, 5.74) is 1.92. The number of amides is 1. The van der Waals surface area contributed by atoms with E-state index in [1.54, 1.807) is 6.07 Å². The molecule has 0 saturated carbocycles. The van der Waals surface area contributed by atoms with Crippen molar-refractivity contribution in [1.82, 2.24) is 9.97 Å². The van der Waals surface area contributed by atoms with E-state index in [1.807, 2.05) is 49.2 Å². The molecular weight excluding hydrogens is 276 g/mol. The van der Waals surface area contributed by atoms with Crippen LogP contribution in [0.25, 0.3) is 0 Å². The van der Waals surface area contributed by atoms with Crippen molar-refractivity contribution in [2.45, 2.75) is 26.7 Å². The third-order valence-electron chi connectivity index (χ3n) is 3.30. The van der Waals surface area contributed by atoms with Gasteiger partial charge < -0.3 is 10.2 Å². The molecule has 1 heterocycles. The number of nitrogens with zero attached hydrogens (tertiary/aromatic N) is 3. The normalized spacial score (nSPS) is 10.3. The molecule has 1 N–H and O–H groups in total. The van der Waals surface area contributed by atoms with E-state index in [9.17, 15) is 4.79 Å². The number of aryl methyl sites for hydroxylation is 1. The molecule has 5 heteroatoms. The Morgan fingerprint density at radius 1 is 1.23 bits per heavy atom. The summed E-state index contributed by atoms with van der Waals surface area (Å²) in [5, 5.41) is 2.85. The Balaban J connectivity index is 2.16. The van der Waals surface area contributed by atoms with Crippen LogP contribution >= 0.6 is 0 Å². The van der Waals surface area contributed by atoms with E-state index in [-0.39, 0.29) is 5.91 Å². The second-order valence-corrected chi connectivity index (χ2v) is 5.29. The summed E-state index contributed by atoms with van der Waals surface area (Å²) in [6, 6.07) is 11.1. The van der Waals surface area contributed by atoms with Gasteiger partial charge in [-0.2, -0.15) is 0 Å². The molecule has 0 radical (unpaired) electrons. The molecule has 1 amide bonds. The van der Waals surface area contributed by atoms with Crippen LogP contribution in [0.1, 0.15) is 35.9 Å². The third kappa shape index (κ3) is 4.28. The van der Waals surface area contributed by atoms with Crippen LogP contribution in [0.2, 0.25) is 0 Å². The van der Waals surface area contributed by atoms with Crippen molar-refractivity contribution in [1.29, 1.82) is 0 Å². The molecule has 2 aromatic rings. The Morgan fingerprint density at radius 3 is 2.64 bits per heavy atom. The van der Waals surface area contributed by atoms with Gasteiger partial charge in [0, 0.05) is 25.0 Å². The molecule has 1 aromatic heterocycles. The average molecular weight is 298 g/mol. The van der Waals surface area contributed by atoms with Crippen LogP contribution in [-0.2, 0) is 0 Å². The molecule has 0 aliphatic rings. The Kier molecular flexibility index (Phi) is 5.47. The maximum absolute atomic E-state index is 12.3. The minimum Gasteiger partial charge on any atom is -0.344 e. The van der Waals surface area contributed by atoms with Gasteiger partial charge in [0.05, 0.1) is 0 Å². The minimum atomic E-state index is -0.221. The van der Waals surface area contributed by atoms with E-state index >= 15 is 0 Å². The minimum absolute atomic E-state index is 0.221. The molecule has 116 valence electrons. The average Bonchev–Trinajstić information content (AvgIpc) is 2.53. The zero-order valence-electron chi connectivity index (χ0n) is 13.3. The van der Waals surface area contributed by atoms with Gasteiger partial charge in [-0.1, -0.05) is 31.5 Å². The molecule has 1 aromatic carbocycles. The second kappa shape index (κ2) is 7.54. The van der Waals surface area contributed by atoms with Crippen LogP contribution in [0.5, 0.6) is 0 Å². The molecule has 0 unspecified atom stereocenters. The van der Waals surface area contributed by atoms with Crippen molar-refractivity contribution in [3.63, 3.8) is 0 Å². The Labute approximate surface area is 131 Å². The van der Waals surface area contributed by atoms with Gasteiger partial charge in [-0.3, -0.25) is 4.79 Å². The van der Waals surface area contributed by atoms with Gasteiger partial charge in [-0.15, -0.1) is 0 Å². The number of carbonyl (C=O) groups excluding carboxylic acids is 1. The largest absolute Gasteiger partial charge is 0.344 e. The number of nitrogens with one attached hydrogen (secondary N) is 1. The first-order valence-electron chi connectivity index (χ1n) is 7.53. The lowest BCUT2D eigenvalue weighted by molar-refractivity contribution is 0.102. The van der Waals surface area contributed by atoms with Gasteiger partial charge in [0.1, 0.15) is 5.69 Å². The molecule has 5 nitrogen and oxygen atoms in total. The summed E-state index contributed by atoms with van der Waals surface area (Å²) in [4.78, 5) is 23.1. The molecule has 0 aliphatic heterocycles. The number of hydrogen-bond acceptors (Lipinski definition) is 4. The summed E-state index contributed by atoms with van der Waals surface area (Å²) in [5.74, 6) is 0.369. The molecule has 0 bridgehead atoms. The second-order valence-electron chi connectivity index (χ2n) is 5.29. The Hall–Kier alpha value is -2.43. The SMILES string of the molecule is CCCCN(C)c1nc(C)cc(C(=O)Nc2ccccc2)n1. The van der Waals surface area contributed by atoms with E-state index in [1.165, 1.54) is 0 Å². The van der Waals surface area contributed by atoms with Gasteiger partial charge in [-0.25, -0.2) is 9.97 Å². The van der Waals surface area contributed by atoms with E-state index in [0.29, 0.717) is 11.6 Å². The van der Waals surface area contributed by atoms with Crippen LogP contribution < -0.4 is 10.2 Å². The highest BCUT2D eigenvalue weighted by atomic mass is 16.1. The monoisotopic (exact) mass is 298 g/mol. The van der Waals surface area contributed by atoms with Crippen LogP contribution in [0.4, 0.5) is 11.6 Å². The fourth-order valence-corrected chi connectivity index (χ4v) is 2.05. The van der Waals surface area contributed by atoms with Crippen molar-refractivity contribution in [2.24, 2.45) is 0 Å². The highest BCUT2D eigenvalue weighted by molar-refractivity contribution is 6.03. The zero-order valence-corrected chi connectivity index (χ0v) is 13.3. The fraction of sp³-hybridized carbons (Fsp3) is 0.353. The highest BCUT2D eigenvalue weighted by Gasteiger charge is 2.13. The number of rotatable bonds is 6. The van der Waals surface area contributed by atoms with Crippen molar-refractivity contribution < 1.29 is 4.79 Å². The van der Waals surface area contributed by atoms with Crippen molar-refractivity contribution in [2.75, 3.05) is 23.8 Å². The van der Waals surface area contributed by atoms with Gasteiger partial charge >= 0.3 is 0 Å². The van der Waals surface area contributed by atoms with E-state index in [2.05, 4.69) is 22.2 Å². The predicted octanol–water partition coefficient (Wildman–Crippen LogP) is 3.27. The molecule has 2 rings (SSSR count). The Morgan fingerprint density at radius 2 is 1.95 bits per heavy atom. The third-order valence-corrected chi connectivity index (χ3v) is 3.30. The number of hydrogen-bond donors (Lipinski definition) is 1. The molecule has 0 atom stereocenters. The Bertz CT molecular complexity index is 628. The lowest BCUT2D eigenvalue weighted by Gasteiger charge is -2.17. The zero-order chi connectivity index (χ0) is 15.9. The first-order chi connectivity index (χ1) is 10.6. The number of benzene rings is 1. The van der Waals surface area contributed by atoms with Crippen molar-refractivity contribution >= 4 is 17.5 Å². The van der Waals surface area contributed by atoms with Crippen LogP contribution in [0.15, 0.2) is 36.4 Å². The number of anilines is 2. The molecular formula is C17H22N4O. The molecule has 0 spiro atoms. The smallest absolute Gasteiger partial charge is 0.274 e. The molecule has 0 fully saturated rings. The first kappa shape index (κ1) is 15.9. The summed E-state index contributed by atoms with van der Waals surface area (Å²) in [7, 11) is 1.95. The van der Waals surface area contributed by atoms with Crippen molar-refractivity contribution in [3.05, 3.63) is 47.8 Å². The van der Waals surface area contributed by atoms with Gasteiger partial charge in [0.15, 0.2) is 0 Å². The quantitative estimate of drug-likeness (QED) is 0.889.